The molecular weight excluding hydrogens is 381 g/mol. The molecule has 7 heteroatoms. The Kier molecular flexibility index (Phi) is 12.4. The van der Waals surface area contributed by atoms with Crippen molar-refractivity contribution in [2.45, 2.75) is 26.7 Å². The van der Waals surface area contributed by atoms with Crippen molar-refractivity contribution in [1.29, 1.82) is 0 Å². The second kappa shape index (κ2) is 12.9. The first-order chi connectivity index (χ1) is 9.76. The summed E-state index contributed by atoms with van der Waals surface area (Å²) >= 11 is 0. The van der Waals surface area contributed by atoms with Gasteiger partial charge in [0.05, 0.1) is 12.8 Å². The van der Waals surface area contributed by atoms with Gasteiger partial charge in [-0.05, 0) is 32.3 Å². The van der Waals surface area contributed by atoms with Gasteiger partial charge in [0.1, 0.15) is 0 Å². The molecule has 0 spiro atoms. The second-order valence-electron chi connectivity index (χ2n) is 4.51. The van der Waals surface area contributed by atoms with Crippen LogP contribution in [-0.4, -0.2) is 48.6 Å². The van der Waals surface area contributed by atoms with Crippen LogP contribution in [0, 0.1) is 0 Å². The van der Waals surface area contributed by atoms with E-state index in [1.165, 1.54) is 5.56 Å². The number of hydrogen-bond donors (Lipinski definition) is 2. The van der Waals surface area contributed by atoms with Gasteiger partial charge in [-0.3, -0.25) is 9.67 Å². The minimum atomic E-state index is 0. The Morgan fingerprint density at radius 1 is 1.38 bits per heavy atom. The number of aryl methyl sites for hydroxylation is 2. The number of hydrogen-bond acceptors (Lipinski definition) is 3. The van der Waals surface area contributed by atoms with E-state index in [-0.39, 0.29) is 24.0 Å². The average molecular weight is 409 g/mol. The first kappa shape index (κ1) is 20.2. The number of halogens is 1. The molecule has 0 fully saturated rings. The normalized spacial score (nSPS) is 11.1. The maximum Gasteiger partial charge on any atom is 0.191 e. The van der Waals surface area contributed by atoms with Crippen LogP contribution in [0.25, 0.3) is 0 Å². The number of nitrogens with one attached hydrogen (secondary N) is 2. The largest absolute Gasteiger partial charge is 0.380 e. The summed E-state index contributed by atoms with van der Waals surface area (Å²) in [7, 11) is 1.94. The molecule has 1 rings (SSSR count). The minimum absolute atomic E-state index is 0. The fourth-order valence-electron chi connectivity index (χ4n) is 1.80. The maximum atomic E-state index is 5.29. The van der Waals surface area contributed by atoms with Crippen LogP contribution in [0.5, 0.6) is 0 Å². The van der Waals surface area contributed by atoms with Gasteiger partial charge < -0.3 is 15.4 Å². The van der Waals surface area contributed by atoms with Crippen LogP contribution in [0.15, 0.2) is 17.4 Å². The fraction of sp³-hybridized carbons (Fsp3) is 0.714. The average Bonchev–Trinajstić information content (AvgIpc) is 2.85. The Morgan fingerprint density at radius 3 is 2.81 bits per heavy atom. The first-order valence-corrected chi connectivity index (χ1v) is 7.33. The zero-order chi connectivity index (χ0) is 14.6. The molecule has 21 heavy (non-hydrogen) atoms. The molecule has 0 atom stereocenters. The van der Waals surface area contributed by atoms with E-state index < -0.39 is 0 Å². The number of aromatic nitrogens is 2. The molecule has 0 radical (unpaired) electrons. The molecule has 1 aromatic rings. The van der Waals surface area contributed by atoms with E-state index in [0.717, 1.165) is 45.0 Å². The standard InChI is InChI=1S/C14H27N5O.HI/c1-4-15-14(17-9-10-20-5-2)16-8-6-7-13-11-18-19(3)12-13;/h11-12H,4-10H2,1-3H3,(H2,15,16,17);1H. The highest BCUT2D eigenvalue weighted by Gasteiger charge is 1.98. The predicted molar refractivity (Wildman–Crippen MR) is 97.4 cm³/mol. The number of nitrogens with zero attached hydrogens (tertiary/aromatic N) is 3. The van der Waals surface area contributed by atoms with Crippen molar-refractivity contribution in [2.24, 2.45) is 12.0 Å². The predicted octanol–water partition coefficient (Wildman–Crippen LogP) is 1.56. The molecule has 0 aromatic carbocycles. The Bertz CT molecular complexity index is 394. The monoisotopic (exact) mass is 409 g/mol. The molecule has 0 saturated carbocycles. The van der Waals surface area contributed by atoms with Crippen LogP contribution in [-0.2, 0) is 18.2 Å². The molecule has 1 heterocycles. The lowest BCUT2D eigenvalue weighted by molar-refractivity contribution is 0.152. The molecule has 0 bridgehead atoms. The Morgan fingerprint density at radius 2 is 2.19 bits per heavy atom. The van der Waals surface area contributed by atoms with E-state index in [1.54, 1.807) is 0 Å². The first-order valence-electron chi connectivity index (χ1n) is 7.33. The van der Waals surface area contributed by atoms with Gasteiger partial charge >= 0.3 is 0 Å². The zero-order valence-corrected chi connectivity index (χ0v) is 15.6. The summed E-state index contributed by atoms with van der Waals surface area (Å²) in [6, 6.07) is 0. The van der Waals surface area contributed by atoms with Crippen LogP contribution in [0.3, 0.4) is 0 Å². The molecular formula is C14H28IN5O. The van der Waals surface area contributed by atoms with Crippen LogP contribution in [0.2, 0.25) is 0 Å². The van der Waals surface area contributed by atoms with Crippen molar-refractivity contribution in [1.82, 2.24) is 20.4 Å². The van der Waals surface area contributed by atoms with Gasteiger partial charge in [-0.1, -0.05) is 0 Å². The quantitative estimate of drug-likeness (QED) is 0.281. The van der Waals surface area contributed by atoms with Crippen molar-refractivity contribution < 1.29 is 4.74 Å². The number of ether oxygens (including phenoxy) is 1. The fourth-order valence-corrected chi connectivity index (χ4v) is 1.80. The van der Waals surface area contributed by atoms with Gasteiger partial charge in [0.15, 0.2) is 5.96 Å². The summed E-state index contributed by atoms with van der Waals surface area (Å²) in [5.74, 6) is 0.860. The van der Waals surface area contributed by atoms with E-state index in [0.29, 0.717) is 6.61 Å². The summed E-state index contributed by atoms with van der Waals surface area (Å²) in [6.07, 6.45) is 5.99. The lowest BCUT2D eigenvalue weighted by Gasteiger charge is -2.11. The van der Waals surface area contributed by atoms with Crippen LogP contribution < -0.4 is 10.6 Å². The van der Waals surface area contributed by atoms with Gasteiger partial charge in [0.2, 0.25) is 0 Å². The highest BCUT2D eigenvalue weighted by molar-refractivity contribution is 14.0. The highest BCUT2D eigenvalue weighted by Crippen LogP contribution is 2.00. The summed E-state index contributed by atoms with van der Waals surface area (Å²) in [5.41, 5.74) is 1.26. The van der Waals surface area contributed by atoms with E-state index >= 15 is 0 Å². The number of aliphatic imine (C=N–C) groups is 1. The Labute approximate surface area is 144 Å². The van der Waals surface area contributed by atoms with Crippen LogP contribution in [0.1, 0.15) is 25.8 Å². The van der Waals surface area contributed by atoms with Gasteiger partial charge in [-0.25, -0.2) is 0 Å². The van der Waals surface area contributed by atoms with Gasteiger partial charge in [0.25, 0.3) is 0 Å². The summed E-state index contributed by atoms with van der Waals surface area (Å²) in [4.78, 5) is 4.54. The minimum Gasteiger partial charge on any atom is -0.380 e. The molecule has 0 saturated heterocycles. The van der Waals surface area contributed by atoms with Crippen LogP contribution in [0.4, 0.5) is 0 Å². The SMILES string of the molecule is CCNC(=NCCCc1cnn(C)c1)NCCOCC.I. The molecule has 0 aliphatic heterocycles. The Balaban J connectivity index is 0.00000400. The van der Waals surface area contributed by atoms with Crippen molar-refractivity contribution in [3.8, 4) is 0 Å². The molecule has 6 nitrogen and oxygen atoms in total. The third-order valence-electron chi connectivity index (χ3n) is 2.74. The third kappa shape index (κ3) is 9.67. The summed E-state index contributed by atoms with van der Waals surface area (Å²) in [6.45, 7) is 7.97. The van der Waals surface area contributed by atoms with Gasteiger partial charge in [-0.2, -0.15) is 5.10 Å². The van der Waals surface area contributed by atoms with E-state index in [1.807, 2.05) is 24.9 Å². The molecule has 0 amide bonds. The summed E-state index contributed by atoms with van der Waals surface area (Å²) < 4.78 is 7.12. The molecule has 0 aliphatic carbocycles. The maximum absolute atomic E-state index is 5.29. The molecule has 0 unspecified atom stereocenters. The van der Waals surface area contributed by atoms with E-state index in [2.05, 4.69) is 33.8 Å². The second-order valence-corrected chi connectivity index (χ2v) is 4.51. The topological polar surface area (TPSA) is 63.5 Å². The van der Waals surface area contributed by atoms with Crippen LogP contribution >= 0.6 is 24.0 Å². The lowest BCUT2D eigenvalue weighted by atomic mass is 10.2. The van der Waals surface area contributed by atoms with Crippen molar-refractivity contribution in [3.63, 3.8) is 0 Å². The van der Waals surface area contributed by atoms with E-state index in [4.69, 9.17) is 4.74 Å². The zero-order valence-electron chi connectivity index (χ0n) is 13.3. The van der Waals surface area contributed by atoms with Gasteiger partial charge in [-0.15, -0.1) is 24.0 Å². The number of rotatable bonds is 9. The van der Waals surface area contributed by atoms with Crippen molar-refractivity contribution in [2.75, 3.05) is 32.8 Å². The molecule has 0 aliphatic rings. The highest BCUT2D eigenvalue weighted by atomic mass is 127. The molecule has 1 aromatic heterocycles. The van der Waals surface area contributed by atoms with E-state index in [9.17, 15) is 0 Å². The van der Waals surface area contributed by atoms with Crippen molar-refractivity contribution >= 4 is 29.9 Å². The smallest absolute Gasteiger partial charge is 0.191 e. The third-order valence-corrected chi connectivity index (χ3v) is 2.74. The van der Waals surface area contributed by atoms with Crippen molar-refractivity contribution in [3.05, 3.63) is 18.0 Å². The summed E-state index contributed by atoms with van der Waals surface area (Å²) in [5, 5.41) is 10.6. The Hall–Kier alpha value is -0.830. The molecule has 2 N–H and O–H groups in total. The van der Waals surface area contributed by atoms with Gasteiger partial charge in [0, 0.05) is 39.5 Å². The number of guanidine groups is 1. The lowest BCUT2D eigenvalue weighted by Crippen LogP contribution is -2.39. The molecule has 122 valence electrons.